The molecule has 1 aromatic carbocycles. The van der Waals surface area contributed by atoms with Gasteiger partial charge in [-0.1, -0.05) is 23.2 Å². The number of carboxylic acids is 1. The molecule has 1 aliphatic rings. The van der Waals surface area contributed by atoms with Crippen LogP contribution in [0.1, 0.15) is 19.3 Å². The summed E-state index contributed by atoms with van der Waals surface area (Å²) in [6.07, 6.45) is 1.36. The van der Waals surface area contributed by atoms with Gasteiger partial charge in [0.2, 0.25) is 5.91 Å². The van der Waals surface area contributed by atoms with Gasteiger partial charge in [-0.15, -0.1) is 0 Å². The molecule has 0 aromatic heterocycles. The number of ether oxygens (including phenoxy) is 1. The summed E-state index contributed by atoms with van der Waals surface area (Å²) in [5.74, 6) is -0.639. The minimum absolute atomic E-state index is 0.129. The van der Waals surface area contributed by atoms with Crippen LogP contribution in [-0.4, -0.2) is 41.1 Å². The van der Waals surface area contributed by atoms with Crippen LogP contribution in [0.2, 0.25) is 10.0 Å². The molecule has 114 valence electrons. The summed E-state index contributed by atoms with van der Waals surface area (Å²) in [4.78, 5) is 24.4. The molecule has 0 aliphatic carbocycles. The second-order valence-corrected chi connectivity index (χ2v) is 5.57. The highest BCUT2D eigenvalue weighted by molar-refractivity contribution is 6.42. The molecule has 5 nitrogen and oxygen atoms in total. The fourth-order valence-electron chi connectivity index (χ4n) is 2.29. The second kappa shape index (κ2) is 7.00. The van der Waals surface area contributed by atoms with Gasteiger partial charge in [0.1, 0.15) is 11.8 Å². The highest BCUT2D eigenvalue weighted by atomic mass is 35.5. The Morgan fingerprint density at radius 2 is 2.10 bits per heavy atom. The predicted octanol–water partition coefficient (Wildman–Crippen LogP) is 2.84. The average Bonchev–Trinajstić information content (AvgIpc) is 2.92. The Labute approximate surface area is 132 Å². The molecule has 1 aliphatic heterocycles. The Kier molecular flexibility index (Phi) is 5.31. The Morgan fingerprint density at radius 3 is 2.76 bits per heavy atom. The van der Waals surface area contributed by atoms with Crippen molar-refractivity contribution in [2.75, 3.05) is 13.2 Å². The van der Waals surface area contributed by atoms with Gasteiger partial charge in [-0.05, 0) is 25.0 Å². The largest absolute Gasteiger partial charge is 0.493 e. The van der Waals surface area contributed by atoms with Crippen LogP contribution in [0.25, 0.3) is 0 Å². The van der Waals surface area contributed by atoms with E-state index in [4.69, 9.17) is 33.0 Å². The third-order valence-electron chi connectivity index (χ3n) is 3.33. The maximum Gasteiger partial charge on any atom is 0.326 e. The van der Waals surface area contributed by atoms with Gasteiger partial charge in [-0.2, -0.15) is 0 Å². The molecule has 1 saturated heterocycles. The standard InChI is InChI=1S/C14H15Cl2NO4/c15-10-4-3-9(8-11(10)16)21-7-5-13(18)17-6-1-2-12(17)14(19)20/h3-4,8,12H,1-2,5-7H2,(H,19,20)/t12-/m1/s1. The highest BCUT2D eigenvalue weighted by Crippen LogP contribution is 2.26. The Hall–Kier alpha value is -1.46. The lowest BCUT2D eigenvalue weighted by Gasteiger charge is -2.21. The zero-order chi connectivity index (χ0) is 15.4. The highest BCUT2D eigenvalue weighted by Gasteiger charge is 2.33. The zero-order valence-corrected chi connectivity index (χ0v) is 12.7. The van der Waals surface area contributed by atoms with Gasteiger partial charge in [-0.3, -0.25) is 4.79 Å². The summed E-state index contributed by atoms with van der Waals surface area (Å²) in [7, 11) is 0. The molecule has 0 radical (unpaired) electrons. The summed E-state index contributed by atoms with van der Waals surface area (Å²) in [6, 6.07) is 4.14. The van der Waals surface area contributed by atoms with Gasteiger partial charge in [0.15, 0.2) is 0 Å². The number of aliphatic carboxylic acids is 1. The molecule has 1 N–H and O–H groups in total. The topological polar surface area (TPSA) is 66.8 Å². The Balaban J connectivity index is 1.84. The first-order chi connectivity index (χ1) is 9.99. The van der Waals surface area contributed by atoms with Gasteiger partial charge in [0, 0.05) is 12.6 Å². The SMILES string of the molecule is O=C(O)[C@H]1CCCN1C(=O)CCOc1ccc(Cl)c(Cl)c1. The van der Waals surface area contributed by atoms with Crippen LogP contribution < -0.4 is 4.74 Å². The molecule has 1 amide bonds. The molecular formula is C14H15Cl2NO4. The number of hydrogen-bond acceptors (Lipinski definition) is 3. The minimum atomic E-state index is -0.953. The predicted molar refractivity (Wildman–Crippen MR) is 78.9 cm³/mol. The van der Waals surface area contributed by atoms with Crippen LogP contribution in [0.5, 0.6) is 5.75 Å². The Bertz CT molecular complexity index is 550. The fraction of sp³-hybridized carbons (Fsp3) is 0.429. The number of benzene rings is 1. The first kappa shape index (κ1) is 15.9. The maximum atomic E-state index is 12.0. The number of carbonyl (C=O) groups is 2. The molecule has 0 bridgehead atoms. The van der Waals surface area contributed by atoms with Gasteiger partial charge >= 0.3 is 5.97 Å². The van der Waals surface area contributed by atoms with Crippen LogP contribution in [0, 0.1) is 0 Å². The second-order valence-electron chi connectivity index (χ2n) is 4.76. The van der Waals surface area contributed by atoms with Crippen molar-refractivity contribution in [1.82, 2.24) is 4.90 Å². The van der Waals surface area contributed by atoms with Crippen molar-refractivity contribution in [3.05, 3.63) is 28.2 Å². The lowest BCUT2D eigenvalue weighted by Crippen LogP contribution is -2.40. The molecule has 1 atom stereocenters. The summed E-state index contributed by atoms with van der Waals surface area (Å²) in [5, 5.41) is 9.85. The first-order valence-electron chi connectivity index (χ1n) is 6.59. The van der Waals surface area contributed by atoms with E-state index in [1.807, 2.05) is 0 Å². The van der Waals surface area contributed by atoms with E-state index < -0.39 is 12.0 Å². The number of halogens is 2. The molecule has 0 saturated carbocycles. The quantitative estimate of drug-likeness (QED) is 0.900. The van der Waals surface area contributed by atoms with Crippen molar-refractivity contribution in [3.8, 4) is 5.75 Å². The summed E-state index contributed by atoms with van der Waals surface area (Å²) < 4.78 is 5.43. The molecule has 1 heterocycles. The van der Waals surface area contributed by atoms with E-state index in [1.54, 1.807) is 18.2 Å². The van der Waals surface area contributed by atoms with E-state index in [-0.39, 0.29) is 18.9 Å². The van der Waals surface area contributed by atoms with Gasteiger partial charge in [0.05, 0.1) is 23.1 Å². The van der Waals surface area contributed by atoms with Gasteiger partial charge in [0.25, 0.3) is 0 Å². The fourth-order valence-corrected chi connectivity index (χ4v) is 2.58. The number of carbonyl (C=O) groups excluding carboxylic acids is 1. The van der Waals surface area contributed by atoms with Crippen molar-refractivity contribution in [2.45, 2.75) is 25.3 Å². The van der Waals surface area contributed by atoms with Crippen LogP contribution in [-0.2, 0) is 9.59 Å². The molecule has 7 heteroatoms. The number of likely N-dealkylation sites (tertiary alicyclic amines) is 1. The van der Waals surface area contributed by atoms with Crippen molar-refractivity contribution in [3.63, 3.8) is 0 Å². The van der Waals surface area contributed by atoms with Crippen molar-refractivity contribution < 1.29 is 19.4 Å². The molecular weight excluding hydrogens is 317 g/mol. The number of amides is 1. The summed E-state index contributed by atoms with van der Waals surface area (Å²) in [6.45, 7) is 0.655. The first-order valence-corrected chi connectivity index (χ1v) is 7.35. The lowest BCUT2D eigenvalue weighted by atomic mass is 10.2. The minimum Gasteiger partial charge on any atom is -0.493 e. The number of rotatable bonds is 5. The van der Waals surface area contributed by atoms with E-state index in [1.165, 1.54) is 4.90 Å². The lowest BCUT2D eigenvalue weighted by molar-refractivity contribution is -0.148. The van der Waals surface area contributed by atoms with Crippen LogP contribution in [0.15, 0.2) is 18.2 Å². The van der Waals surface area contributed by atoms with Crippen molar-refractivity contribution in [2.24, 2.45) is 0 Å². The maximum absolute atomic E-state index is 12.0. The van der Waals surface area contributed by atoms with Crippen molar-refractivity contribution in [1.29, 1.82) is 0 Å². The zero-order valence-electron chi connectivity index (χ0n) is 11.2. The average molecular weight is 332 g/mol. The van der Waals surface area contributed by atoms with Gasteiger partial charge < -0.3 is 14.7 Å². The van der Waals surface area contributed by atoms with E-state index in [0.717, 1.165) is 6.42 Å². The van der Waals surface area contributed by atoms with E-state index in [2.05, 4.69) is 0 Å². The molecule has 2 rings (SSSR count). The molecule has 0 spiro atoms. The summed E-state index contributed by atoms with van der Waals surface area (Å²) in [5.41, 5.74) is 0. The van der Waals surface area contributed by atoms with E-state index in [9.17, 15) is 9.59 Å². The van der Waals surface area contributed by atoms with E-state index >= 15 is 0 Å². The number of nitrogens with zero attached hydrogens (tertiary/aromatic N) is 1. The van der Waals surface area contributed by atoms with Crippen molar-refractivity contribution >= 4 is 35.1 Å². The molecule has 0 unspecified atom stereocenters. The van der Waals surface area contributed by atoms with Crippen LogP contribution in [0.3, 0.4) is 0 Å². The van der Waals surface area contributed by atoms with E-state index in [0.29, 0.717) is 28.8 Å². The molecule has 1 fully saturated rings. The van der Waals surface area contributed by atoms with Crippen LogP contribution >= 0.6 is 23.2 Å². The smallest absolute Gasteiger partial charge is 0.326 e. The molecule has 21 heavy (non-hydrogen) atoms. The number of carboxylic acid groups (broad SMARTS) is 1. The van der Waals surface area contributed by atoms with Crippen LogP contribution in [0.4, 0.5) is 0 Å². The molecule has 1 aromatic rings. The summed E-state index contributed by atoms with van der Waals surface area (Å²) >= 11 is 11.7. The number of hydrogen-bond donors (Lipinski definition) is 1. The Morgan fingerprint density at radius 1 is 1.33 bits per heavy atom. The van der Waals surface area contributed by atoms with Gasteiger partial charge in [-0.25, -0.2) is 4.79 Å². The third-order valence-corrected chi connectivity index (χ3v) is 4.07. The normalized spacial score (nSPS) is 17.8. The third kappa shape index (κ3) is 4.02. The monoisotopic (exact) mass is 331 g/mol.